The number of furan rings is 1. The summed E-state index contributed by atoms with van der Waals surface area (Å²) in [6.07, 6.45) is 3.07. The summed E-state index contributed by atoms with van der Waals surface area (Å²) in [5, 5.41) is 12.1. The molecule has 5 heteroatoms. The smallest absolute Gasteiger partial charge is 0.145 e. The van der Waals surface area contributed by atoms with Crippen molar-refractivity contribution in [1.82, 2.24) is 4.98 Å². The van der Waals surface area contributed by atoms with Crippen LogP contribution in [0.2, 0.25) is 5.02 Å². The van der Waals surface area contributed by atoms with Crippen LogP contribution in [0.5, 0.6) is 0 Å². The van der Waals surface area contributed by atoms with E-state index in [1.807, 2.05) is 18.2 Å². The Labute approximate surface area is 97.5 Å². The van der Waals surface area contributed by atoms with Crippen LogP contribution in [0, 0.1) is 11.3 Å². The third kappa shape index (κ3) is 2.33. The normalized spacial score (nSPS) is 9.75. The highest BCUT2D eigenvalue weighted by atomic mass is 35.5. The number of nitrogens with one attached hydrogen (secondary N) is 1. The number of pyridine rings is 1. The molecule has 4 nitrogen and oxygen atoms in total. The van der Waals surface area contributed by atoms with Crippen molar-refractivity contribution in [3.8, 4) is 6.07 Å². The monoisotopic (exact) mass is 233 g/mol. The number of nitrogens with zero attached hydrogens (tertiary/aromatic N) is 2. The van der Waals surface area contributed by atoms with Crippen LogP contribution in [-0.2, 0) is 6.54 Å². The van der Waals surface area contributed by atoms with E-state index in [4.69, 9.17) is 21.3 Å². The molecule has 2 heterocycles. The molecule has 0 fully saturated rings. The summed E-state index contributed by atoms with van der Waals surface area (Å²) in [5.41, 5.74) is 0.438. The number of rotatable bonds is 3. The molecule has 0 bridgehead atoms. The molecule has 16 heavy (non-hydrogen) atoms. The zero-order valence-electron chi connectivity index (χ0n) is 8.27. The van der Waals surface area contributed by atoms with Crippen LogP contribution in [0.1, 0.15) is 11.3 Å². The SMILES string of the molecule is N#Cc1cnc(NCc2ccco2)c(Cl)c1. The third-order valence-electron chi connectivity index (χ3n) is 1.98. The second-order valence-electron chi connectivity index (χ2n) is 3.10. The maximum atomic E-state index is 8.65. The quantitative estimate of drug-likeness (QED) is 0.886. The second kappa shape index (κ2) is 4.69. The topological polar surface area (TPSA) is 61.9 Å². The molecule has 2 aromatic rings. The first-order chi connectivity index (χ1) is 7.79. The fourth-order valence-corrected chi connectivity index (χ4v) is 1.45. The van der Waals surface area contributed by atoms with E-state index < -0.39 is 0 Å². The van der Waals surface area contributed by atoms with Crippen LogP contribution < -0.4 is 5.32 Å². The van der Waals surface area contributed by atoms with Crippen molar-refractivity contribution in [1.29, 1.82) is 5.26 Å². The number of nitriles is 1. The maximum Gasteiger partial charge on any atom is 0.145 e. The van der Waals surface area contributed by atoms with Gasteiger partial charge < -0.3 is 9.73 Å². The first-order valence-corrected chi connectivity index (χ1v) is 4.99. The van der Waals surface area contributed by atoms with Crippen LogP contribution in [0.4, 0.5) is 5.82 Å². The Hall–Kier alpha value is -1.99. The molecule has 0 aliphatic heterocycles. The van der Waals surface area contributed by atoms with E-state index >= 15 is 0 Å². The molecule has 0 saturated carbocycles. The zero-order valence-corrected chi connectivity index (χ0v) is 9.03. The van der Waals surface area contributed by atoms with Crippen molar-refractivity contribution >= 4 is 17.4 Å². The fraction of sp³-hybridized carbons (Fsp3) is 0.0909. The summed E-state index contributed by atoms with van der Waals surface area (Å²) >= 11 is 5.94. The predicted octanol–water partition coefficient (Wildman–Crippen LogP) is 2.81. The predicted molar refractivity (Wildman–Crippen MR) is 60.0 cm³/mol. The summed E-state index contributed by atoms with van der Waals surface area (Å²) in [6, 6.07) is 7.20. The highest BCUT2D eigenvalue weighted by Crippen LogP contribution is 2.20. The van der Waals surface area contributed by atoms with Gasteiger partial charge in [0.2, 0.25) is 0 Å². The fourth-order valence-electron chi connectivity index (χ4n) is 1.21. The Kier molecular flexibility index (Phi) is 3.08. The molecule has 2 aromatic heterocycles. The average molecular weight is 234 g/mol. The van der Waals surface area contributed by atoms with Crippen molar-refractivity contribution in [2.24, 2.45) is 0 Å². The van der Waals surface area contributed by atoms with Crippen LogP contribution in [0.3, 0.4) is 0 Å². The van der Waals surface area contributed by atoms with Gasteiger partial charge in [0, 0.05) is 6.20 Å². The van der Waals surface area contributed by atoms with Crippen molar-refractivity contribution in [2.75, 3.05) is 5.32 Å². The third-order valence-corrected chi connectivity index (χ3v) is 2.27. The van der Waals surface area contributed by atoms with Crippen LogP contribution in [-0.4, -0.2) is 4.98 Å². The summed E-state index contributed by atoms with van der Waals surface area (Å²) < 4.78 is 5.15. The minimum absolute atomic E-state index is 0.422. The number of anilines is 1. The lowest BCUT2D eigenvalue weighted by Crippen LogP contribution is -2.01. The highest BCUT2D eigenvalue weighted by molar-refractivity contribution is 6.33. The Morgan fingerprint density at radius 3 is 3.06 bits per heavy atom. The molecule has 1 N–H and O–H groups in total. The molecule has 0 amide bonds. The number of aromatic nitrogens is 1. The summed E-state index contributed by atoms with van der Waals surface area (Å²) in [6.45, 7) is 0.506. The molecule has 0 radical (unpaired) electrons. The van der Waals surface area contributed by atoms with E-state index in [1.165, 1.54) is 6.20 Å². The second-order valence-corrected chi connectivity index (χ2v) is 3.51. The average Bonchev–Trinajstić information content (AvgIpc) is 2.80. The largest absolute Gasteiger partial charge is 0.467 e. The highest BCUT2D eigenvalue weighted by Gasteiger charge is 2.03. The minimum atomic E-state index is 0.422. The van der Waals surface area contributed by atoms with Crippen LogP contribution in [0.15, 0.2) is 35.1 Å². The molecule has 0 aliphatic rings. The van der Waals surface area contributed by atoms with Crippen molar-refractivity contribution < 1.29 is 4.42 Å². The molecule has 0 aliphatic carbocycles. The molecule has 0 atom stereocenters. The first-order valence-electron chi connectivity index (χ1n) is 4.61. The Bertz CT molecular complexity index is 517. The van der Waals surface area contributed by atoms with Crippen LogP contribution >= 0.6 is 11.6 Å². The Morgan fingerprint density at radius 1 is 1.56 bits per heavy atom. The van der Waals surface area contributed by atoms with Gasteiger partial charge in [-0.15, -0.1) is 0 Å². The van der Waals surface area contributed by atoms with Crippen LogP contribution in [0.25, 0.3) is 0 Å². The van der Waals surface area contributed by atoms with E-state index in [9.17, 15) is 0 Å². The van der Waals surface area contributed by atoms with Gasteiger partial charge in [0.1, 0.15) is 17.6 Å². The van der Waals surface area contributed by atoms with Gasteiger partial charge in [-0.05, 0) is 18.2 Å². The molecular weight excluding hydrogens is 226 g/mol. The van der Waals surface area contributed by atoms with E-state index in [1.54, 1.807) is 12.3 Å². The van der Waals surface area contributed by atoms with E-state index in [2.05, 4.69) is 10.3 Å². The number of hydrogen-bond donors (Lipinski definition) is 1. The van der Waals surface area contributed by atoms with Gasteiger partial charge in [-0.3, -0.25) is 0 Å². The van der Waals surface area contributed by atoms with E-state index in [0.29, 0.717) is 22.9 Å². The Morgan fingerprint density at radius 2 is 2.44 bits per heavy atom. The summed E-state index contributed by atoms with van der Waals surface area (Å²) in [5.74, 6) is 1.33. The first kappa shape index (κ1) is 10.5. The zero-order chi connectivity index (χ0) is 11.4. The maximum absolute atomic E-state index is 8.65. The van der Waals surface area contributed by atoms with Gasteiger partial charge in [-0.2, -0.15) is 5.26 Å². The minimum Gasteiger partial charge on any atom is -0.467 e. The summed E-state index contributed by atoms with van der Waals surface area (Å²) in [4.78, 5) is 4.04. The number of hydrogen-bond acceptors (Lipinski definition) is 4. The molecule has 0 aromatic carbocycles. The molecule has 2 rings (SSSR count). The molecule has 80 valence electrons. The van der Waals surface area contributed by atoms with Gasteiger partial charge in [-0.1, -0.05) is 11.6 Å². The summed E-state index contributed by atoms with van der Waals surface area (Å²) in [7, 11) is 0. The molecule has 0 saturated heterocycles. The van der Waals surface area contributed by atoms with Crippen molar-refractivity contribution in [2.45, 2.75) is 6.54 Å². The van der Waals surface area contributed by atoms with E-state index in [0.717, 1.165) is 5.76 Å². The molecular formula is C11H8ClN3O. The van der Waals surface area contributed by atoms with Gasteiger partial charge >= 0.3 is 0 Å². The lowest BCUT2D eigenvalue weighted by molar-refractivity contribution is 0.518. The lowest BCUT2D eigenvalue weighted by Gasteiger charge is -2.05. The standard InChI is InChI=1S/C11H8ClN3O/c12-10-4-8(5-13)6-14-11(10)15-7-9-2-1-3-16-9/h1-4,6H,7H2,(H,14,15). The van der Waals surface area contributed by atoms with Crippen molar-refractivity contribution in [3.63, 3.8) is 0 Å². The van der Waals surface area contributed by atoms with E-state index in [-0.39, 0.29) is 0 Å². The van der Waals surface area contributed by atoms with Gasteiger partial charge in [0.05, 0.1) is 23.4 Å². The van der Waals surface area contributed by atoms with Gasteiger partial charge in [0.25, 0.3) is 0 Å². The number of halogens is 1. The van der Waals surface area contributed by atoms with Gasteiger partial charge in [-0.25, -0.2) is 4.98 Å². The van der Waals surface area contributed by atoms with Gasteiger partial charge in [0.15, 0.2) is 0 Å². The van der Waals surface area contributed by atoms with Crippen molar-refractivity contribution in [3.05, 3.63) is 47.0 Å². The Balaban J connectivity index is 2.08. The lowest BCUT2D eigenvalue weighted by atomic mass is 10.3. The molecule has 0 unspecified atom stereocenters. The molecule has 0 spiro atoms.